The summed E-state index contributed by atoms with van der Waals surface area (Å²) in [6.45, 7) is 3.23. The molecule has 4 rings (SSSR count). The van der Waals surface area contributed by atoms with E-state index < -0.39 is 0 Å². The van der Waals surface area contributed by atoms with Crippen LogP contribution in [0.3, 0.4) is 0 Å². The number of benzene rings is 2. The van der Waals surface area contributed by atoms with Crippen LogP contribution in [0.15, 0.2) is 48.5 Å². The topological polar surface area (TPSA) is 52.6 Å². The first-order valence-corrected chi connectivity index (χ1v) is 10.0. The van der Waals surface area contributed by atoms with Gasteiger partial charge >= 0.3 is 0 Å². The molecule has 1 saturated carbocycles. The molecule has 0 aromatic heterocycles. The monoisotopic (exact) mass is 382 g/mol. The Hall–Kier alpha value is -2.24. The summed E-state index contributed by atoms with van der Waals surface area (Å²) < 4.78 is 13.5. The number of nitrogens with one attached hydrogen (secondary N) is 1. The van der Waals surface area contributed by atoms with Crippen molar-refractivity contribution in [1.29, 1.82) is 0 Å². The zero-order valence-corrected chi connectivity index (χ0v) is 16.1. The minimum Gasteiger partial charge on any atom is -0.395 e. The van der Waals surface area contributed by atoms with E-state index in [4.69, 9.17) is 0 Å². The molecule has 0 radical (unpaired) electrons. The zero-order valence-electron chi connectivity index (χ0n) is 16.1. The van der Waals surface area contributed by atoms with Gasteiger partial charge in [-0.25, -0.2) is 4.39 Å². The summed E-state index contributed by atoms with van der Waals surface area (Å²) >= 11 is 0. The highest BCUT2D eigenvalue weighted by molar-refractivity contribution is 5.72. The minimum absolute atomic E-state index is 0.0287. The lowest BCUT2D eigenvalue weighted by Crippen LogP contribution is -2.67. The fourth-order valence-electron chi connectivity index (χ4n) is 4.40. The standard InChI is InChI=1S/C23H27FN2O2/c1-15(28)25-12-21-23(22(14-27)26(21)13-16-5-6-16)18-9-7-17(8-10-18)19-3-2-4-20(24)11-19/h2-4,7-11,16,21-23,27H,5-6,12-14H2,1H3,(H,25,28)/t21-,22+,23+/m0/s1. The second kappa shape index (κ2) is 8.02. The van der Waals surface area contributed by atoms with Gasteiger partial charge in [0, 0.05) is 38.0 Å². The van der Waals surface area contributed by atoms with Crippen molar-refractivity contribution in [3.05, 3.63) is 59.9 Å². The number of rotatable bonds is 7. The quantitative estimate of drug-likeness (QED) is 0.773. The molecule has 0 unspecified atom stereocenters. The van der Waals surface area contributed by atoms with Crippen LogP contribution in [0.5, 0.6) is 0 Å². The lowest BCUT2D eigenvalue weighted by molar-refractivity contribution is -0.120. The number of carbonyl (C=O) groups is 1. The van der Waals surface area contributed by atoms with Crippen molar-refractivity contribution < 1.29 is 14.3 Å². The van der Waals surface area contributed by atoms with E-state index in [9.17, 15) is 14.3 Å². The molecule has 1 saturated heterocycles. The van der Waals surface area contributed by atoms with E-state index in [1.807, 2.05) is 18.2 Å². The fraction of sp³-hybridized carbons (Fsp3) is 0.435. The molecule has 1 aliphatic carbocycles. The molecule has 0 bridgehead atoms. The molecule has 28 heavy (non-hydrogen) atoms. The molecule has 148 valence electrons. The fourth-order valence-corrected chi connectivity index (χ4v) is 4.40. The van der Waals surface area contributed by atoms with Gasteiger partial charge in [0.25, 0.3) is 0 Å². The number of carbonyl (C=O) groups excluding carboxylic acids is 1. The number of hydrogen-bond acceptors (Lipinski definition) is 3. The molecule has 5 heteroatoms. The van der Waals surface area contributed by atoms with Gasteiger partial charge in [0.2, 0.25) is 5.91 Å². The van der Waals surface area contributed by atoms with Crippen molar-refractivity contribution in [1.82, 2.24) is 10.2 Å². The van der Waals surface area contributed by atoms with Crippen LogP contribution in [0.4, 0.5) is 4.39 Å². The van der Waals surface area contributed by atoms with Crippen molar-refractivity contribution in [2.24, 2.45) is 5.92 Å². The Morgan fingerprint density at radius 3 is 2.50 bits per heavy atom. The number of likely N-dealkylation sites (tertiary alicyclic amines) is 1. The highest BCUT2D eigenvalue weighted by Crippen LogP contribution is 2.43. The molecular weight excluding hydrogens is 355 g/mol. The summed E-state index contributed by atoms with van der Waals surface area (Å²) in [7, 11) is 0. The summed E-state index contributed by atoms with van der Waals surface area (Å²) in [5, 5.41) is 13.0. The lowest BCUT2D eigenvalue weighted by atomic mass is 9.74. The maximum Gasteiger partial charge on any atom is 0.216 e. The molecule has 4 nitrogen and oxygen atoms in total. The van der Waals surface area contributed by atoms with Gasteiger partial charge in [-0.3, -0.25) is 9.69 Å². The van der Waals surface area contributed by atoms with Crippen LogP contribution < -0.4 is 5.32 Å². The van der Waals surface area contributed by atoms with Crippen LogP contribution in [0.1, 0.15) is 31.2 Å². The van der Waals surface area contributed by atoms with E-state index in [1.54, 1.807) is 6.07 Å². The van der Waals surface area contributed by atoms with Gasteiger partial charge in [-0.1, -0.05) is 36.4 Å². The molecule has 2 aromatic carbocycles. The Labute approximate surface area is 165 Å². The highest BCUT2D eigenvalue weighted by Gasteiger charge is 2.49. The number of amides is 1. The summed E-state index contributed by atoms with van der Waals surface area (Å²) in [6, 6.07) is 15.0. The predicted octanol–water partition coefficient (Wildman–Crippen LogP) is 3.17. The molecule has 1 aliphatic heterocycles. The third kappa shape index (κ3) is 3.96. The Kier molecular flexibility index (Phi) is 5.47. The van der Waals surface area contributed by atoms with Gasteiger partial charge in [0.1, 0.15) is 5.82 Å². The predicted molar refractivity (Wildman–Crippen MR) is 107 cm³/mol. The van der Waals surface area contributed by atoms with Gasteiger partial charge in [0.15, 0.2) is 0 Å². The first kappa shape index (κ1) is 19.1. The van der Waals surface area contributed by atoms with Crippen LogP contribution in [-0.4, -0.2) is 47.7 Å². The van der Waals surface area contributed by atoms with Gasteiger partial charge in [0.05, 0.1) is 6.61 Å². The van der Waals surface area contributed by atoms with E-state index >= 15 is 0 Å². The first-order chi connectivity index (χ1) is 13.6. The van der Waals surface area contributed by atoms with Gasteiger partial charge < -0.3 is 10.4 Å². The molecule has 1 heterocycles. The number of aliphatic hydroxyl groups is 1. The molecule has 3 atom stereocenters. The molecule has 0 spiro atoms. The molecular formula is C23H27FN2O2. The molecule has 2 fully saturated rings. The van der Waals surface area contributed by atoms with Crippen molar-refractivity contribution in [2.75, 3.05) is 19.7 Å². The van der Waals surface area contributed by atoms with Crippen LogP contribution in [0, 0.1) is 11.7 Å². The van der Waals surface area contributed by atoms with E-state index in [1.165, 1.54) is 31.9 Å². The summed E-state index contributed by atoms with van der Waals surface area (Å²) in [4.78, 5) is 13.8. The molecule has 2 aromatic rings. The van der Waals surface area contributed by atoms with E-state index in [2.05, 4.69) is 22.3 Å². The van der Waals surface area contributed by atoms with Crippen molar-refractivity contribution >= 4 is 5.91 Å². The van der Waals surface area contributed by atoms with E-state index in [0.717, 1.165) is 29.2 Å². The average molecular weight is 382 g/mol. The van der Waals surface area contributed by atoms with Crippen LogP contribution in [-0.2, 0) is 4.79 Å². The highest BCUT2D eigenvalue weighted by atomic mass is 19.1. The van der Waals surface area contributed by atoms with Gasteiger partial charge in [-0.15, -0.1) is 0 Å². The Balaban J connectivity index is 1.55. The normalized spacial score (nSPS) is 24.6. The third-order valence-corrected chi connectivity index (χ3v) is 6.05. The lowest BCUT2D eigenvalue weighted by Gasteiger charge is -2.55. The zero-order chi connectivity index (χ0) is 19.7. The van der Waals surface area contributed by atoms with E-state index in [0.29, 0.717) is 6.54 Å². The van der Waals surface area contributed by atoms with Crippen LogP contribution >= 0.6 is 0 Å². The number of hydrogen-bond donors (Lipinski definition) is 2. The largest absolute Gasteiger partial charge is 0.395 e. The summed E-state index contributed by atoms with van der Waals surface area (Å²) in [5.74, 6) is 0.633. The summed E-state index contributed by atoms with van der Waals surface area (Å²) in [5.41, 5.74) is 2.97. The molecule has 2 aliphatic rings. The SMILES string of the molecule is CC(=O)NC[C@H]1[C@@H](c2ccc(-c3cccc(F)c3)cc2)[C@@H](CO)N1CC1CC1. The van der Waals surface area contributed by atoms with Gasteiger partial charge in [-0.2, -0.15) is 0 Å². The van der Waals surface area contributed by atoms with Crippen molar-refractivity contribution in [3.63, 3.8) is 0 Å². The van der Waals surface area contributed by atoms with Crippen molar-refractivity contribution in [3.8, 4) is 11.1 Å². The Morgan fingerprint density at radius 1 is 1.14 bits per heavy atom. The Morgan fingerprint density at radius 2 is 1.89 bits per heavy atom. The van der Waals surface area contributed by atoms with Crippen LogP contribution in [0.25, 0.3) is 11.1 Å². The number of aliphatic hydroxyl groups excluding tert-OH is 1. The molecule has 1 amide bonds. The van der Waals surface area contributed by atoms with Crippen molar-refractivity contribution in [2.45, 2.75) is 37.8 Å². The minimum atomic E-state index is -0.244. The molecule has 2 N–H and O–H groups in total. The second-order valence-electron chi connectivity index (χ2n) is 8.05. The number of halogens is 1. The smallest absolute Gasteiger partial charge is 0.216 e. The third-order valence-electron chi connectivity index (χ3n) is 6.05. The van der Waals surface area contributed by atoms with Crippen LogP contribution in [0.2, 0.25) is 0 Å². The maximum atomic E-state index is 13.5. The second-order valence-corrected chi connectivity index (χ2v) is 8.05. The first-order valence-electron chi connectivity index (χ1n) is 10.0. The number of nitrogens with zero attached hydrogens (tertiary/aromatic N) is 1. The van der Waals surface area contributed by atoms with E-state index in [-0.39, 0.29) is 36.3 Å². The average Bonchev–Trinajstić information content (AvgIpc) is 3.49. The summed E-state index contributed by atoms with van der Waals surface area (Å²) in [6.07, 6.45) is 2.52. The Bertz CT molecular complexity index is 835. The maximum absolute atomic E-state index is 13.5. The van der Waals surface area contributed by atoms with Gasteiger partial charge in [-0.05, 0) is 47.6 Å².